The summed E-state index contributed by atoms with van der Waals surface area (Å²) in [5.41, 5.74) is 7.07. The lowest BCUT2D eigenvalue weighted by molar-refractivity contribution is 0.447. The van der Waals surface area contributed by atoms with Crippen LogP contribution in [-0.4, -0.2) is 5.11 Å². The topological polar surface area (TPSA) is 46.2 Å². The second-order valence-electron chi connectivity index (χ2n) is 4.96. The van der Waals surface area contributed by atoms with Crippen molar-refractivity contribution < 1.29 is 5.11 Å². The van der Waals surface area contributed by atoms with Crippen molar-refractivity contribution in [1.29, 1.82) is 0 Å². The highest BCUT2D eigenvalue weighted by Gasteiger charge is 2.15. The summed E-state index contributed by atoms with van der Waals surface area (Å²) in [6.45, 7) is 4.28. The lowest BCUT2D eigenvalue weighted by Gasteiger charge is -2.18. The zero-order chi connectivity index (χ0) is 12.4. The van der Waals surface area contributed by atoms with Gasteiger partial charge in [0.1, 0.15) is 5.75 Å². The van der Waals surface area contributed by atoms with Crippen LogP contribution >= 0.6 is 0 Å². The van der Waals surface area contributed by atoms with Gasteiger partial charge in [-0.3, -0.25) is 0 Å². The number of hydrogen-bond acceptors (Lipinski definition) is 2. The van der Waals surface area contributed by atoms with E-state index in [9.17, 15) is 5.11 Å². The molecule has 1 atom stereocenters. The first-order valence-electron chi connectivity index (χ1n) is 6.05. The Morgan fingerprint density at radius 3 is 2.53 bits per heavy atom. The SMILES string of the molecule is CC(C)C[C@@H](N)c1c(O)ccc2ccccc12. The van der Waals surface area contributed by atoms with Crippen LogP contribution in [0.25, 0.3) is 10.8 Å². The number of phenolic OH excluding ortho intramolecular Hbond substituents is 1. The van der Waals surface area contributed by atoms with Gasteiger partial charge in [-0.1, -0.05) is 44.2 Å². The Hall–Kier alpha value is -1.54. The zero-order valence-electron chi connectivity index (χ0n) is 10.4. The minimum Gasteiger partial charge on any atom is -0.508 e. The van der Waals surface area contributed by atoms with Gasteiger partial charge in [0.25, 0.3) is 0 Å². The number of nitrogens with two attached hydrogens (primary N) is 1. The average Bonchev–Trinajstić information content (AvgIpc) is 2.27. The van der Waals surface area contributed by atoms with Crippen molar-refractivity contribution >= 4 is 10.8 Å². The van der Waals surface area contributed by atoms with Gasteiger partial charge in [-0.15, -0.1) is 0 Å². The largest absolute Gasteiger partial charge is 0.508 e. The van der Waals surface area contributed by atoms with E-state index in [4.69, 9.17) is 5.73 Å². The molecule has 0 aliphatic rings. The lowest BCUT2D eigenvalue weighted by Crippen LogP contribution is -2.13. The number of fused-ring (bicyclic) bond motifs is 1. The molecule has 0 saturated heterocycles. The van der Waals surface area contributed by atoms with Crippen molar-refractivity contribution in [2.24, 2.45) is 11.7 Å². The Kier molecular flexibility index (Phi) is 3.34. The van der Waals surface area contributed by atoms with E-state index in [1.165, 1.54) is 0 Å². The predicted molar refractivity (Wildman–Crippen MR) is 72.0 cm³/mol. The number of benzene rings is 2. The minimum atomic E-state index is -0.110. The highest BCUT2D eigenvalue weighted by Crippen LogP contribution is 2.33. The third-order valence-corrected chi connectivity index (χ3v) is 3.04. The summed E-state index contributed by atoms with van der Waals surface area (Å²) in [6.07, 6.45) is 0.877. The molecule has 0 radical (unpaired) electrons. The van der Waals surface area contributed by atoms with E-state index in [1.54, 1.807) is 6.07 Å². The Labute approximate surface area is 102 Å². The average molecular weight is 229 g/mol. The van der Waals surface area contributed by atoms with Crippen LogP contribution in [-0.2, 0) is 0 Å². The number of rotatable bonds is 3. The quantitative estimate of drug-likeness (QED) is 0.844. The van der Waals surface area contributed by atoms with Crippen molar-refractivity contribution in [2.45, 2.75) is 26.3 Å². The van der Waals surface area contributed by atoms with Crippen LogP contribution in [0.1, 0.15) is 31.9 Å². The van der Waals surface area contributed by atoms with Gasteiger partial charge < -0.3 is 10.8 Å². The summed E-state index contributed by atoms with van der Waals surface area (Å²) in [6, 6.07) is 11.6. The third kappa shape index (κ3) is 2.42. The zero-order valence-corrected chi connectivity index (χ0v) is 10.4. The third-order valence-electron chi connectivity index (χ3n) is 3.04. The van der Waals surface area contributed by atoms with E-state index in [0.717, 1.165) is 22.8 Å². The van der Waals surface area contributed by atoms with E-state index in [2.05, 4.69) is 13.8 Å². The Morgan fingerprint density at radius 1 is 1.12 bits per heavy atom. The van der Waals surface area contributed by atoms with E-state index in [0.29, 0.717) is 11.7 Å². The molecule has 3 N–H and O–H groups in total. The first-order valence-corrected chi connectivity index (χ1v) is 6.05. The molecule has 0 bridgehead atoms. The van der Waals surface area contributed by atoms with Gasteiger partial charge in [-0.2, -0.15) is 0 Å². The maximum atomic E-state index is 10.0. The normalized spacial score (nSPS) is 13.2. The monoisotopic (exact) mass is 229 g/mol. The van der Waals surface area contributed by atoms with Gasteiger partial charge in [-0.25, -0.2) is 0 Å². The molecule has 0 fully saturated rings. The van der Waals surface area contributed by atoms with Crippen LogP contribution in [0.5, 0.6) is 5.75 Å². The van der Waals surface area contributed by atoms with Crippen molar-refractivity contribution in [3.8, 4) is 5.75 Å². The summed E-state index contributed by atoms with van der Waals surface area (Å²) in [7, 11) is 0. The summed E-state index contributed by atoms with van der Waals surface area (Å²) in [5, 5.41) is 12.2. The molecule has 0 aromatic heterocycles. The van der Waals surface area contributed by atoms with Gasteiger partial charge in [0, 0.05) is 11.6 Å². The van der Waals surface area contributed by atoms with Crippen LogP contribution in [0, 0.1) is 5.92 Å². The molecule has 0 unspecified atom stereocenters. The van der Waals surface area contributed by atoms with Crippen molar-refractivity contribution in [2.75, 3.05) is 0 Å². The van der Waals surface area contributed by atoms with E-state index >= 15 is 0 Å². The van der Waals surface area contributed by atoms with Crippen LogP contribution < -0.4 is 5.73 Å². The number of phenols is 1. The summed E-state index contributed by atoms with van der Waals surface area (Å²) in [5.74, 6) is 0.820. The second kappa shape index (κ2) is 4.76. The summed E-state index contributed by atoms with van der Waals surface area (Å²) < 4.78 is 0. The van der Waals surface area contributed by atoms with Crippen LogP contribution in [0.15, 0.2) is 36.4 Å². The molecule has 90 valence electrons. The molecule has 0 amide bonds. The molecular weight excluding hydrogens is 210 g/mol. The van der Waals surface area contributed by atoms with Gasteiger partial charge in [-0.05, 0) is 29.2 Å². The first kappa shape index (κ1) is 11.9. The molecule has 2 rings (SSSR count). The van der Waals surface area contributed by atoms with E-state index < -0.39 is 0 Å². The molecule has 0 aliphatic heterocycles. The van der Waals surface area contributed by atoms with Gasteiger partial charge >= 0.3 is 0 Å². The Morgan fingerprint density at radius 2 is 1.82 bits per heavy atom. The molecule has 0 saturated carbocycles. The second-order valence-corrected chi connectivity index (χ2v) is 4.96. The predicted octanol–water partition coefficient (Wildman–Crippen LogP) is 3.59. The summed E-state index contributed by atoms with van der Waals surface area (Å²) in [4.78, 5) is 0. The van der Waals surface area contributed by atoms with E-state index in [-0.39, 0.29) is 6.04 Å². The smallest absolute Gasteiger partial charge is 0.120 e. The highest BCUT2D eigenvalue weighted by molar-refractivity contribution is 5.88. The Balaban J connectivity index is 2.54. The number of hydrogen-bond donors (Lipinski definition) is 2. The molecule has 2 aromatic rings. The molecule has 0 spiro atoms. The maximum absolute atomic E-state index is 10.0. The fourth-order valence-corrected chi connectivity index (χ4v) is 2.30. The molecule has 2 heteroatoms. The molecule has 0 heterocycles. The van der Waals surface area contributed by atoms with Crippen LogP contribution in [0.4, 0.5) is 0 Å². The Bertz CT molecular complexity index is 519. The molecule has 17 heavy (non-hydrogen) atoms. The van der Waals surface area contributed by atoms with Gasteiger partial charge in [0.05, 0.1) is 0 Å². The lowest BCUT2D eigenvalue weighted by atomic mass is 9.93. The summed E-state index contributed by atoms with van der Waals surface area (Å²) >= 11 is 0. The van der Waals surface area contributed by atoms with Gasteiger partial charge in [0.15, 0.2) is 0 Å². The minimum absolute atomic E-state index is 0.110. The standard InChI is InChI=1S/C15H19NO/c1-10(2)9-13(16)15-12-6-4-3-5-11(12)7-8-14(15)17/h3-8,10,13,17H,9,16H2,1-2H3/t13-/m1/s1. The maximum Gasteiger partial charge on any atom is 0.120 e. The van der Waals surface area contributed by atoms with Gasteiger partial charge in [0.2, 0.25) is 0 Å². The van der Waals surface area contributed by atoms with Crippen molar-refractivity contribution in [3.05, 3.63) is 42.0 Å². The molecule has 0 aliphatic carbocycles. The molecule has 2 aromatic carbocycles. The fourth-order valence-electron chi connectivity index (χ4n) is 2.30. The van der Waals surface area contributed by atoms with Crippen molar-refractivity contribution in [1.82, 2.24) is 0 Å². The molecule has 2 nitrogen and oxygen atoms in total. The highest BCUT2D eigenvalue weighted by atomic mass is 16.3. The first-order chi connectivity index (χ1) is 8.09. The molecular formula is C15H19NO. The van der Waals surface area contributed by atoms with Crippen LogP contribution in [0.2, 0.25) is 0 Å². The van der Waals surface area contributed by atoms with E-state index in [1.807, 2.05) is 30.3 Å². The van der Waals surface area contributed by atoms with Crippen LogP contribution in [0.3, 0.4) is 0 Å². The van der Waals surface area contributed by atoms with Crippen molar-refractivity contribution in [3.63, 3.8) is 0 Å². The number of aromatic hydroxyl groups is 1. The fraction of sp³-hybridized carbons (Fsp3) is 0.333.